The lowest BCUT2D eigenvalue weighted by Crippen LogP contribution is -2.37. The van der Waals surface area contributed by atoms with Crippen molar-refractivity contribution in [3.05, 3.63) is 53.1 Å². The van der Waals surface area contributed by atoms with Crippen molar-refractivity contribution in [1.82, 2.24) is 0 Å². The Morgan fingerprint density at radius 3 is 2.83 bits per heavy atom. The zero-order valence-corrected chi connectivity index (χ0v) is 13.2. The lowest BCUT2D eigenvalue weighted by Gasteiger charge is -2.25. The third-order valence-corrected chi connectivity index (χ3v) is 3.62. The summed E-state index contributed by atoms with van der Waals surface area (Å²) >= 11 is 5.95. The van der Waals surface area contributed by atoms with Crippen LogP contribution in [0.4, 0.5) is 0 Å². The van der Waals surface area contributed by atoms with Crippen molar-refractivity contribution >= 4 is 17.6 Å². The second-order valence-electron chi connectivity index (χ2n) is 4.93. The van der Waals surface area contributed by atoms with Crippen LogP contribution in [0.5, 0.6) is 17.2 Å². The normalized spacial score (nSPS) is 15.8. The largest absolute Gasteiger partial charge is 0.496 e. The van der Waals surface area contributed by atoms with Crippen molar-refractivity contribution in [2.45, 2.75) is 12.7 Å². The molecule has 1 aliphatic rings. The first-order valence-electron chi connectivity index (χ1n) is 7.05. The summed E-state index contributed by atoms with van der Waals surface area (Å²) in [5.74, 6) is 1.25. The number of ether oxygens (including phenoxy) is 4. The number of fused-ring (bicyclic) bond motifs is 1. The Morgan fingerprint density at radius 1 is 1.26 bits per heavy atom. The van der Waals surface area contributed by atoms with E-state index in [0.29, 0.717) is 27.8 Å². The summed E-state index contributed by atoms with van der Waals surface area (Å²) in [6, 6.07) is 12.3. The number of hydrogen-bond acceptors (Lipinski definition) is 5. The molecular formula is C17H15ClO5. The van der Waals surface area contributed by atoms with Gasteiger partial charge in [0.15, 0.2) is 11.5 Å². The third-order valence-electron chi connectivity index (χ3n) is 3.38. The van der Waals surface area contributed by atoms with Gasteiger partial charge in [0, 0.05) is 10.6 Å². The summed E-state index contributed by atoms with van der Waals surface area (Å²) in [6.45, 7) is 0.159. The van der Waals surface area contributed by atoms with Gasteiger partial charge < -0.3 is 18.9 Å². The highest BCUT2D eigenvalue weighted by Crippen LogP contribution is 2.31. The predicted octanol–water partition coefficient (Wildman–Crippen LogP) is 3.23. The first-order valence-corrected chi connectivity index (χ1v) is 7.42. The Morgan fingerprint density at radius 2 is 2.04 bits per heavy atom. The third kappa shape index (κ3) is 3.51. The number of benzene rings is 2. The lowest BCUT2D eigenvalue weighted by molar-refractivity contribution is -0.155. The summed E-state index contributed by atoms with van der Waals surface area (Å²) in [5, 5.41) is 0.544. The second kappa shape index (κ2) is 6.79. The quantitative estimate of drug-likeness (QED) is 0.803. The summed E-state index contributed by atoms with van der Waals surface area (Å²) in [4.78, 5) is 12.2. The molecule has 23 heavy (non-hydrogen) atoms. The first kappa shape index (κ1) is 15.5. The molecular weight excluding hydrogens is 320 g/mol. The number of methoxy groups -OCH3 is 1. The molecule has 1 heterocycles. The van der Waals surface area contributed by atoms with Gasteiger partial charge in [-0.25, -0.2) is 4.79 Å². The van der Waals surface area contributed by atoms with Gasteiger partial charge in [-0.3, -0.25) is 0 Å². The molecule has 6 heteroatoms. The zero-order valence-electron chi connectivity index (χ0n) is 12.5. The maximum atomic E-state index is 12.2. The average Bonchev–Trinajstić information content (AvgIpc) is 2.59. The molecule has 0 spiro atoms. The highest BCUT2D eigenvalue weighted by molar-refractivity contribution is 6.30. The minimum absolute atomic E-state index is 0.0457. The van der Waals surface area contributed by atoms with Crippen LogP contribution in [0, 0.1) is 0 Å². The molecule has 2 aromatic rings. The Labute approximate surface area is 138 Å². The first-order chi connectivity index (χ1) is 11.2. The molecule has 0 saturated carbocycles. The lowest BCUT2D eigenvalue weighted by atomic mass is 10.2. The van der Waals surface area contributed by atoms with Gasteiger partial charge in [-0.2, -0.15) is 0 Å². The van der Waals surface area contributed by atoms with Crippen molar-refractivity contribution in [3.8, 4) is 17.2 Å². The smallest absolute Gasteiger partial charge is 0.351 e. The van der Waals surface area contributed by atoms with Crippen LogP contribution in [0.15, 0.2) is 42.5 Å². The van der Waals surface area contributed by atoms with Gasteiger partial charge >= 0.3 is 5.97 Å². The summed E-state index contributed by atoms with van der Waals surface area (Å²) < 4.78 is 21.6. The van der Waals surface area contributed by atoms with E-state index in [1.54, 1.807) is 37.4 Å². The molecule has 0 aromatic heterocycles. The maximum absolute atomic E-state index is 12.2. The fourth-order valence-corrected chi connectivity index (χ4v) is 2.43. The highest BCUT2D eigenvalue weighted by Gasteiger charge is 2.28. The van der Waals surface area contributed by atoms with Gasteiger partial charge in [0.05, 0.1) is 7.11 Å². The molecule has 0 radical (unpaired) electrons. The molecule has 1 atom stereocenters. The summed E-state index contributed by atoms with van der Waals surface area (Å²) in [6.07, 6.45) is -0.796. The van der Waals surface area contributed by atoms with Crippen LogP contribution in [0.3, 0.4) is 0 Å². The number of para-hydroxylation sites is 2. The average molecular weight is 335 g/mol. The van der Waals surface area contributed by atoms with Gasteiger partial charge in [0.1, 0.15) is 19.0 Å². The Bertz CT molecular complexity index is 716. The molecule has 0 amide bonds. The number of carbonyl (C=O) groups is 1. The van der Waals surface area contributed by atoms with Crippen molar-refractivity contribution in [2.24, 2.45) is 0 Å². The van der Waals surface area contributed by atoms with Crippen LogP contribution in [0.1, 0.15) is 5.56 Å². The van der Waals surface area contributed by atoms with E-state index < -0.39 is 12.1 Å². The Kier molecular flexibility index (Phi) is 4.57. The van der Waals surface area contributed by atoms with Gasteiger partial charge in [0.25, 0.3) is 0 Å². The van der Waals surface area contributed by atoms with E-state index >= 15 is 0 Å². The van der Waals surface area contributed by atoms with Crippen LogP contribution in [0.25, 0.3) is 0 Å². The van der Waals surface area contributed by atoms with Crippen LogP contribution in [-0.4, -0.2) is 25.8 Å². The standard InChI is InChI=1S/C17H15ClO5/c1-20-13-7-6-12(18)8-11(13)9-22-17(19)16-10-21-14-4-2-3-5-15(14)23-16/h2-8,16H,9-10H2,1H3/t16-/m0/s1. The van der Waals surface area contributed by atoms with E-state index in [1.807, 2.05) is 12.1 Å². The van der Waals surface area contributed by atoms with Gasteiger partial charge in [-0.05, 0) is 30.3 Å². The molecule has 0 aliphatic carbocycles. The molecule has 0 fully saturated rings. The van der Waals surface area contributed by atoms with Gasteiger partial charge in [-0.1, -0.05) is 23.7 Å². The maximum Gasteiger partial charge on any atom is 0.351 e. The van der Waals surface area contributed by atoms with E-state index in [2.05, 4.69) is 0 Å². The fraction of sp³-hybridized carbons (Fsp3) is 0.235. The fourth-order valence-electron chi connectivity index (χ4n) is 2.24. The SMILES string of the molecule is COc1ccc(Cl)cc1COC(=O)[C@@H]1COc2ccccc2O1. The van der Waals surface area contributed by atoms with E-state index in [0.717, 1.165) is 0 Å². The molecule has 120 valence electrons. The minimum Gasteiger partial charge on any atom is -0.496 e. The van der Waals surface area contributed by atoms with Crippen LogP contribution >= 0.6 is 11.6 Å². The van der Waals surface area contributed by atoms with Crippen LogP contribution < -0.4 is 14.2 Å². The van der Waals surface area contributed by atoms with Crippen molar-refractivity contribution < 1.29 is 23.7 Å². The Hall–Kier alpha value is -2.40. The molecule has 0 bridgehead atoms. The van der Waals surface area contributed by atoms with E-state index in [-0.39, 0.29) is 13.2 Å². The van der Waals surface area contributed by atoms with E-state index in [1.165, 1.54) is 0 Å². The number of hydrogen-bond donors (Lipinski definition) is 0. The topological polar surface area (TPSA) is 54.0 Å². The van der Waals surface area contributed by atoms with E-state index in [4.69, 9.17) is 30.5 Å². The second-order valence-corrected chi connectivity index (χ2v) is 5.36. The molecule has 2 aromatic carbocycles. The number of rotatable bonds is 4. The number of carbonyl (C=O) groups excluding carboxylic acids is 1. The van der Waals surface area contributed by atoms with Gasteiger partial charge in [-0.15, -0.1) is 0 Å². The molecule has 1 aliphatic heterocycles. The van der Waals surface area contributed by atoms with Crippen molar-refractivity contribution in [2.75, 3.05) is 13.7 Å². The Balaban J connectivity index is 1.64. The minimum atomic E-state index is -0.796. The van der Waals surface area contributed by atoms with Crippen LogP contribution in [0.2, 0.25) is 5.02 Å². The monoisotopic (exact) mass is 334 g/mol. The molecule has 0 unspecified atom stereocenters. The summed E-state index contributed by atoms with van der Waals surface area (Å²) in [7, 11) is 1.55. The van der Waals surface area contributed by atoms with Crippen LogP contribution in [-0.2, 0) is 16.1 Å². The molecule has 3 rings (SSSR count). The molecule has 5 nitrogen and oxygen atoms in total. The summed E-state index contributed by atoms with van der Waals surface area (Å²) in [5.41, 5.74) is 0.686. The van der Waals surface area contributed by atoms with Gasteiger partial charge in [0.2, 0.25) is 6.10 Å². The van der Waals surface area contributed by atoms with E-state index in [9.17, 15) is 4.79 Å². The van der Waals surface area contributed by atoms with Crippen molar-refractivity contribution in [1.29, 1.82) is 0 Å². The highest BCUT2D eigenvalue weighted by atomic mass is 35.5. The molecule has 0 saturated heterocycles. The molecule has 0 N–H and O–H groups in total. The zero-order chi connectivity index (χ0) is 16.2. The van der Waals surface area contributed by atoms with Crippen molar-refractivity contribution in [3.63, 3.8) is 0 Å². The number of halogens is 1. The number of esters is 1. The predicted molar refractivity (Wildman–Crippen MR) is 84.2 cm³/mol.